The van der Waals surface area contributed by atoms with Gasteiger partial charge in [-0.25, -0.2) is 4.39 Å². The van der Waals surface area contributed by atoms with Crippen molar-refractivity contribution in [2.24, 2.45) is 0 Å². The molecule has 0 bridgehead atoms. The van der Waals surface area contributed by atoms with Gasteiger partial charge in [0.05, 0.1) is 19.3 Å². The number of likely N-dealkylation sites (N-methyl/N-ethyl adjacent to an activating group) is 1. The highest BCUT2D eigenvalue weighted by Crippen LogP contribution is 2.26. The van der Waals surface area contributed by atoms with Crippen LogP contribution in [0.25, 0.3) is 0 Å². The molecule has 0 radical (unpaired) electrons. The predicted molar refractivity (Wildman–Crippen MR) is 79.7 cm³/mol. The molecule has 7 nitrogen and oxygen atoms in total. The molecule has 0 aromatic carbocycles. The van der Waals surface area contributed by atoms with Crippen LogP contribution in [0.3, 0.4) is 0 Å². The number of rotatable bonds is 8. The number of aliphatic hydroxyl groups excluding tert-OH is 1. The first-order valence-electron chi connectivity index (χ1n) is 7.64. The maximum atomic E-state index is 13.8. The zero-order valence-corrected chi connectivity index (χ0v) is 13.4. The summed E-state index contributed by atoms with van der Waals surface area (Å²) in [6.07, 6.45) is -1.03. The molecule has 0 spiro atoms. The summed E-state index contributed by atoms with van der Waals surface area (Å²) >= 11 is 0. The lowest BCUT2D eigenvalue weighted by Crippen LogP contribution is -2.42. The fourth-order valence-electron chi connectivity index (χ4n) is 2.77. The van der Waals surface area contributed by atoms with Crippen LogP contribution in [0.5, 0.6) is 0 Å². The predicted octanol–water partition coefficient (Wildman–Crippen LogP) is 0.624. The number of anilines is 1. The van der Waals surface area contributed by atoms with Crippen molar-refractivity contribution >= 4 is 6.01 Å². The Kier molecular flexibility index (Phi) is 6.10. The number of halogens is 1. The summed E-state index contributed by atoms with van der Waals surface area (Å²) in [5.41, 5.74) is 0. The van der Waals surface area contributed by atoms with Crippen molar-refractivity contribution in [2.45, 2.75) is 38.6 Å². The molecule has 1 aromatic heterocycles. The Morgan fingerprint density at radius 1 is 1.55 bits per heavy atom. The van der Waals surface area contributed by atoms with E-state index in [1.54, 1.807) is 6.92 Å². The molecule has 0 aliphatic carbocycles. The summed E-state index contributed by atoms with van der Waals surface area (Å²) in [6, 6.07) is 0.324. The van der Waals surface area contributed by atoms with Gasteiger partial charge in [-0.1, -0.05) is 5.10 Å². The van der Waals surface area contributed by atoms with Crippen LogP contribution >= 0.6 is 0 Å². The smallest absolute Gasteiger partial charge is 0.318 e. The van der Waals surface area contributed by atoms with E-state index < -0.39 is 12.3 Å². The number of alkyl halides is 1. The minimum absolute atomic E-state index is 0.0425. The maximum absolute atomic E-state index is 13.8. The van der Waals surface area contributed by atoms with E-state index in [1.165, 1.54) is 0 Å². The molecular formula is C14H25FN4O3. The Labute approximate surface area is 130 Å². The summed E-state index contributed by atoms with van der Waals surface area (Å²) in [4.78, 5) is 3.79. The number of aliphatic hydroxyl groups is 1. The second kappa shape index (κ2) is 7.85. The topological polar surface area (TPSA) is 74.9 Å². The van der Waals surface area contributed by atoms with E-state index in [2.05, 4.69) is 10.2 Å². The van der Waals surface area contributed by atoms with Gasteiger partial charge >= 0.3 is 6.01 Å². The summed E-state index contributed by atoms with van der Waals surface area (Å²) in [6.45, 7) is 5.85. The highest BCUT2D eigenvalue weighted by molar-refractivity contribution is 5.30. The van der Waals surface area contributed by atoms with Gasteiger partial charge in [-0.15, -0.1) is 5.10 Å². The third-order valence-electron chi connectivity index (χ3n) is 3.68. The molecule has 2 rings (SSSR count). The normalized spacial score (nSPS) is 23.5. The molecule has 22 heavy (non-hydrogen) atoms. The molecule has 0 amide bonds. The van der Waals surface area contributed by atoms with Gasteiger partial charge in [-0.05, 0) is 14.0 Å². The number of ether oxygens (including phenoxy) is 1. The van der Waals surface area contributed by atoms with Crippen LogP contribution in [-0.4, -0.2) is 78.4 Å². The van der Waals surface area contributed by atoms with Crippen LogP contribution in [-0.2, 0) is 4.74 Å². The first kappa shape index (κ1) is 17.1. The van der Waals surface area contributed by atoms with E-state index in [0.29, 0.717) is 44.6 Å². The van der Waals surface area contributed by atoms with E-state index in [-0.39, 0.29) is 12.6 Å². The third kappa shape index (κ3) is 4.62. The lowest BCUT2D eigenvalue weighted by atomic mass is 10.2. The number of nitrogens with zero attached hydrogens (tertiary/aromatic N) is 4. The lowest BCUT2D eigenvalue weighted by Gasteiger charge is -2.28. The van der Waals surface area contributed by atoms with E-state index in [0.717, 1.165) is 0 Å². The zero-order valence-electron chi connectivity index (χ0n) is 13.4. The first-order chi connectivity index (χ1) is 10.5. The van der Waals surface area contributed by atoms with Gasteiger partial charge in [0.25, 0.3) is 0 Å². The van der Waals surface area contributed by atoms with Gasteiger partial charge in [0.2, 0.25) is 5.89 Å². The average Bonchev–Trinajstić information content (AvgIpc) is 3.02. The summed E-state index contributed by atoms with van der Waals surface area (Å²) in [5, 5.41) is 17.6. The fourth-order valence-corrected chi connectivity index (χ4v) is 2.77. The van der Waals surface area contributed by atoms with Crippen molar-refractivity contribution in [1.29, 1.82) is 0 Å². The van der Waals surface area contributed by atoms with Crippen molar-refractivity contribution in [3.05, 3.63) is 5.89 Å². The minimum Gasteiger partial charge on any atom is -0.408 e. The lowest BCUT2D eigenvalue weighted by molar-refractivity contribution is 0.0247. The van der Waals surface area contributed by atoms with Crippen LogP contribution in [0.2, 0.25) is 0 Å². The van der Waals surface area contributed by atoms with Crippen molar-refractivity contribution in [2.75, 3.05) is 44.8 Å². The highest BCUT2D eigenvalue weighted by atomic mass is 19.1. The Morgan fingerprint density at radius 2 is 2.32 bits per heavy atom. The molecule has 1 aliphatic rings. The Balaban J connectivity index is 1.89. The van der Waals surface area contributed by atoms with Crippen molar-refractivity contribution in [3.8, 4) is 0 Å². The van der Waals surface area contributed by atoms with Crippen LogP contribution in [0, 0.1) is 6.92 Å². The molecule has 1 aliphatic heterocycles. The molecule has 1 N–H and O–H groups in total. The largest absolute Gasteiger partial charge is 0.408 e. The van der Waals surface area contributed by atoms with E-state index >= 15 is 0 Å². The quantitative estimate of drug-likeness (QED) is 0.753. The van der Waals surface area contributed by atoms with Gasteiger partial charge in [0.1, 0.15) is 6.17 Å². The fraction of sp³-hybridized carbons (Fsp3) is 0.857. The molecule has 126 valence electrons. The summed E-state index contributed by atoms with van der Waals surface area (Å²) in [7, 11) is 1.90. The van der Waals surface area contributed by atoms with Crippen LogP contribution < -0.4 is 4.90 Å². The third-order valence-corrected chi connectivity index (χ3v) is 3.68. The molecular weight excluding hydrogens is 291 g/mol. The standard InChI is InChI=1S/C14H25FN4O3/c1-4-21-9-13(20)8-18(3)7-12-5-11(15)6-19(12)14-17-16-10(2)22-14/h11-13,20H,4-9H2,1-3H3/t11-,12-,13?/m0/s1. The number of aryl methyl sites for hydroxylation is 1. The maximum Gasteiger partial charge on any atom is 0.318 e. The second-order valence-corrected chi connectivity index (χ2v) is 5.78. The van der Waals surface area contributed by atoms with Crippen molar-refractivity contribution in [1.82, 2.24) is 15.1 Å². The molecule has 1 aromatic rings. The Hall–Kier alpha value is -1.25. The van der Waals surface area contributed by atoms with Gasteiger partial charge in [0.15, 0.2) is 0 Å². The Bertz CT molecular complexity index is 459. The number of aromatic nitrogens is 2. The SMILES string of the molecule is CCOCC(O)CN(C)C[C@@H]1C[C@H](F)CN1c1nnc(C)o1. The van der Waals surface area contributed by atoms with Gasteiger partial charge in [-0.2, -0.15) is 0 Å². The van der Waals surface area contributed by atoms with Crippen LogP contribution in [0.15, 0.2) is 4.42 Å². The molecule has 1 unspecified atom stereocenters. The molecule has 0 saturated carbocycles. The first-order valence-corrected chi connectivity index (χ1v) is 7.64. The summed E-state index contributed by atoms with van der Waals surface area (Å²) < 4.78 is 24.4. The minimum atomic E-state index is -0.904. The van der Waals surface area contributed by atoms with Crippen molar-refractivity contribution in [3.63, 3.8) is 0 Å². The zero-order chi connectivity index (χ0) is 16.1. The monoisotopic (exact) mass is 316 g/mol. The van der Waals surface area contributed by atoms with Gasteiger partial charge in [0, 0.05) is 39.1 Å². The van der Waals surface area contributed by atoms with Gasteiger partial charge < -0.3 is 24.1 Å². The highest BCUT2D eigenvalue weighted by Gasteiger charge is 2.35. The Morgan fingerprint density at radius 3 is 2.95 bits per heavy atom. The molecule has 3 atom stereocenters. The molecule has 1 saturated heterocycles. The van der Waals surface area contributed by atoms with Crippen molar-refractivity contribution < 1.29 is 18.7 Å². The van der Waals surface area contributed by atoms with E-state index in [4.69, 9.17) is 9.15 Å². The number of hydrogen-bond acceptors (Lipinski definition) is 7. The van der Waals surface area contributed by atoms with Gasteiger partial charge in [-0.3, -0.25) is 0 Å². The van der Waals surface area contributed by atoms with E-state index in [1.807, 2.05) is 23.8 Å². The van der Waals surface area contributed by atoms with E-state index in [9.17, 15) is 9.50 Å². The molecule has 1 fully saturated rings. The van der Waals surface area contributed by atoms with Crippen LogP contribution in [0.1, 0.15) is 19.2 Å². The molecule has 2 heterocycles. The average molecular weight is 316 g/mol. The number of hydrogen-bond donors (Lipinski definition) is 1. The summed E-state index contributed by atoms with van der Waals surface area (Å²) in [5.74, 6) is 0.469. The molecule has 8 heteroatoms. The second-order valence-electron chi connectivity index (χ2n) is 5.78. The van der Waals surface area contributed by atoms with Crippen LogP contribution in [0.4, 0.5) is 10.4 Å².